The van der Waals surface area contributed by atoms with E-state index >= 15 is 0 Å². The topological polar surface area (TPSA) is 113 Å². The summed E-state index contributed by atoms with van der Waals surface area (Å²) in [6.45, 7) is 1.47. The van der Waals surface area contributed by atoms with Crippen molar-refractivity contribution in [3.63, 3.8) is 0 Å². The monoisotopic (exact) mass is 378 g/mol. The van der Waals surface area contributed by atoms with Crippen molar-refractivity contribution in [2.24, 2.45) is 0 Å². The molecule has 0 radical (unpaired) electrons. The minimum Gasteiger partial charge on any atom is -0.480 e. The normalized spacial score (nSPS) is 14.1. The second-order valence-electron chi connectivity index (χ2n) is 6.71. The molecule has 8 nitrogen and oxygen atoms in total. The molecule has 2 rings (SSSR count). The third kappa shape index (κ3) is 7.52. The van der Waals surface area contributed by atoms with E-state index in [2.05, 4.69) is 33.1 Å². The molecule has 4 N–H and O–H groups in total. The summed E-state index contributed by atoms with van der Waals surface area (Å²) in [5, 5.41) is 17.9. The molecule has 1 aromatic rings. The summed E-state index contributed by atoms with van der Waals surface area (Å²) in [5.74, 6) is 0.00541. The molecule has 0 fully saturated rings. The van der Waals surface area contributed by atoms with E-state index in [1.54, 1.807) is 0 Å². The molecule has 0 aromatic carbocycles. The molecule has 0 saturated carbocycles. The van der Waals surface area contributed by atoms with Gasteiger partial charge in [-0.15, -0.1) is 0 Å². The Morgan fingerprint density at radius 1 is 1.37 bits per heavy atom. The van der Waals surface area contributed by atoms with Crippen molar-refractivity contribution in [2.45, 2.75) is 51.0 Å². The fraction of sp³-hybridized carbons (Fsp3) is 0.632. The first-order chi connectivity index (χ1) is 13.1. The van der Waals surface area contributed by atoms with Crippen LogP contribution in [0.3, 0.4) is 0 Å². The van der Waals surface area contributed by atoms with Gasteiger partial charge in [0, 0.05) is 32.3 Å². The predicted octanol–water partition coefficient (Wildman–Crippen LogP) is 1.31. The molecule has 1 aromatic heterocycles. The van der Waals surface area contributed by atoms with Crippen molar-refractivity contribution in [2.75, 3.05) is 32.2 Å². The molecular formula is C19H30N4O4. The minimum absolute atomic E-state index is 0.0500. The maximum absolute atomic E-state index is 11.9. The molecule has 1 atom stereocenters. The molecule has 0 saturated heterocycles. The van der Waals surface area contributed by atoms with Gasteiger partial charge < -0.3 is 20.5 Å². The van der Waals surface area contributed by atoms with Gasteiger partial charge >= 0.3 is 5.97 Å². The number of nitrogens with one attached hydrogen (secondary N) is 3. The first-order valence-corrected chi connectivity index (χ1v) is 9.54. The lowest BCUT2D eigenvalue weighted by molar-refractivity contribution is -0.140. The number of aromatic nitrogens is 1. The number of aliphatic carboxylic acids is 1. The number of methoxy groups -OCH3 is 1. The number of carboxylic acid groups (broad SMARTS) is 1. The highest BCUT2D eigenvalue weighted by Crippen LogP contribution is 2.20. The summed E-state index contributed by atoms with van der Waals surface area (Å²) < 4.78 is 4.81. The number of hydrogen-bond acceptors (Lipinski definition) is 6. The number of carboxylic acids is 1. The van der Waals surface area contributed by atoms with E-state index in [-0.39, 0.29) is 12.6 Å². The summed E-state index contributed by atoms with van der Waals surface area (Å²) in [6.07, 6.45) is 5.51. The number of hydrogen-bond donors (Lipinski definition) is 4. The Bertz CT molecular complexity index is 624. The van der Waals surface area contributed by atoms with Crippen LogP contribution >= 0.6 is 0 Å². The fourth-order valence-corrected chi connectivity index (χ4v) is 3.04. The molecule has 1 amide bonds. The first kappa shape index (κ1) is 21.1. The molecule has 27 heavy (non-hydrogen) atoms. The highest BCUT2D eigenvalue weighted by molar-refractivity contribution is 5.76. The number of anilines is 1. The summed E-state index contributed by atoms with van der Waals surface area (Å²) in [6, 6.07) is 3.49. The molecule has 2 heterocycles. The summed E-state index contributed by atoms with van der Waals surface area (Å²) in [4.78, 5) is 27.6. The molecule has 0 bridgehead atoms. The Labute approximate surface area is 160 Å². The van der Waals surface area contributed by atoms with E-state index in [0.717, 1.165) is 50.2 Å². The number of ether oxygens (including phenoxy) is 1. The van der Waals surface area contributed by atoms with Gasteiger partial charge in [-0.3, -0.25) is 14.9 Å². The summed E-state index contributed by atoms with van der Waals surface area (Å²) in [7, 11) is 1.49. The van der Waals surface area contributed by atoms with Crippen LogP contribution in [0.1, 0.15) is 43.4 Å². The summed E-state index contributed by atoms with van der Waals surface area (Å²) in [5.41, 5.74) is 2.33. The van der Waals surface area contributed by atoms with Crippen molar-refractivity contribution >= 4 is 17.7 Å². The number of carbonyl (C=O) groups is 2. The van der Waals surface area contributed by atoms with Gasteiger partial charge in [0.2, 0.25) is 5.91 Å². The van der Waals surface area contributed by atoms with Gasteiger partial charge in [-0.1, -0.05) is 6.07 Å². The zero-order valence-electron chi connectivity index (χ0n) is 15.9. The number of aryl methyl sites for hydroxylation is 2. The minimum atomic E-state index is -0.951. The third-order valence-corrected chi connectivity index (χ3v) is 4.57. The highest BCUT2D eigenvalue weighted by atomic mass is 16.5. The molecule has 150 valence electrons. The number of amides is 1. The van der Waals surface area contributed by atoms with Gasteiger partial charge in [0.25, 0.3) is 0 Å². The van der Waals surface area contributed by atoms with Gasteiger partial charge in [-0.25, -0.2) is 4.98 Å². The molecule has 0 spiro atoms. The van der Waals surface area contributed by atoms with E-state index in [9.17, 15) is 9.59 Å². The maximum Gasteiger partial charge on any atom is 0.320 e. The van der Waals surface area contributed by atoms with E-state index in [4.69, 9.17) is 9.84 Å². The second-order valence-corrected chi connectivity index (χ2v) is 6.71. The van der Waals surface area contributed by atoms with Crippen LogP contribution in [0.2, 0.25) is 0 Å². The van der Waals surface area contributed by atoms with E-state index in [1.807, 2.05) is 0 Å². The van der Waals surface area contributed by atoms with Crippen LogP contribution in [0, 0.1) is 0 Å². The number of rotatable bonds is 12. The summed E-state index contributed by atoms with van der Waals surface area (Å²) >= 11 is 0. The van der Waals surface area contributed by atoms with Gasteiger partial charge in [0.05, 0.1) is 6.73 Å². The van der Waals surface area contributed by atoms with Crippen LogP contribution in [-0.4, -0.2) is 54.9 Å². The number of carbonyl (C=O) groups excluding carboxylic acids is 1. The zero-order valence-corrected chi connectivity index (χ0v) is 15.9. The second kappa shape index (κ2) is 11.5. The van der Waals surface area contributed by atoms with Crippen LogP contribution in [0.25, 0.3) is 0 Å². The average molecular weight is 378 g/mol. The largest absolute Gasteiger partial charge is 0.480 e. The Morgan fingerprint density at radius 2 is 2.22 bits per heavy atom. The van der Waals surface area contributed by atoms with Gasteiger partial charge in [-0.05, 0) is 50.2 Å². The molecule has 1 aliphatic heterocycles. The fourth-order valence-electron chi connectivity index (χ4n) is 3.04. The first-order valence-electron chi connectivity index (χ1n) is 9.54. The molecule has 0 aliphatic carbocycles. The lowest BCUT2D eigenvalue weighted by Crippen LogP contribution is -2.40. The molecule has 1 aliphatic rings. The number of unbranched alkanes of at least 4 members (excludes halogenated alkanes) is 1. The Balaban J connectivity index is 1.60. The smallest absolute Gasteiger partial charge is 0.320 e. The number of pyridine rings is 1. The van der Waals surface area contributed by atoms with Crippen molar-refractivity contribution in [3.05, 3.63) is 23.4 Å². The van der Waals surface area contributed by atoms with Crippen LogP contribution in [0.5, 0.6) is 0 Å². The van der Waals surface area contributed by atoms with Crippen LogP contribution in [0.4, 0.5) is 5.82 Å². The Morgan fingerprint density at radius 3 is 3.00 bits per heavy atom. The lowest BCUT2D eigenvalue weighted by atomic mass is 10.1. The standard InChI is InChI=1S/C19H30N4O4/c1-27-13-22-16(19(25)26)10-12-20-17(24)7-3-2-6-15-9-8-14-5-4-11-21-18(14)23-15/h8-9,16,22H,2-7,10-13H2,1H3,(H,20,24)(H,21,23)(H,25,26). The van der Waals surface area contributed by atoms with E-state index in [0.29, 0.717) is 19.4 Å². The quantitative estimate of drug-likeness (QED) is 0.320. The number of nitrogens with zero attached hydrogens (tertiary/aromatic N) is 1. The van der Waals surface area contributed by atoms with Crippen LogP contribution in [0.15, 0.2) is 12.1 Å². The van der Waals surface area contributed by atoms with Gasteiger partial charge in [0.15, 0.2) is 0 Å². The predicted molar refractivity (Wildman–Crippen MR) is 103 cm³/mol. The van der Waals surface area contributed by atoms with E-state index in [1.165, 1.54) is 12.7 Å². The van der Waals surface area contributed by atoms with Gasteiger partial charge in [0.1, 0.15) is 11.9 Å². The molecule has 1 unspecified atom stereocenters. The van der Waals surface area contributed by atoms with Crippen LogP contribution < -0.4 is 16.0 Å². The maximum atomic E-state index is 11.9. The van der Waals surface area contributed by atoms with Crippen molar-refractivity contribution < 1.29 is 19.4 Å². The number of fused-ring (bicyclic) bond motifs is 1. The average Bonchev–Trinajstić information content (AvgIpc) is 2.67. The van der Waals surface area contributed by atoms with E-state index < -0.39 is 12.0 Å². The molecular weight excluding hydrogens is 348 g/mol. The van der Waals surface area contributed by atoms with Gasteiger partial charge in [-0.2, -0.15) is 0 Å². The molecule has 8 heteroatoms. The van der Waals surface area contributed by atoms with Crippen molar-refractivity contribution in [1.82, 2.24) is 15.6 Å². The third-order valence-electron chi connectivity index (χ3n) is 4.57. The van der Waals surface area contributed by atoms with Crippen molar-refractivity contribution in [1.29, 1.82) is 0 Å². The SMILES string of the molecule is COCNC(CCNC(=O)CCCCc1ccc2c(n1)NCCC2)C(=O)O. The Hall–Kier alpha value is -2.19. The highest BCUT2D eigenvalue weighted by Gasteiger charge is 2.16. The zero-order chi connectivity index (χ0) is 19.5. The lowest BCUT2D eigenvalue weighted by Gasteiger charge is -2.17. The van der Waals surface area contributed by atoms with Crippen LogP contribution in [-0.2, 0) is 27.2 Å². The Kier molecular flexibility index (Phi) is 9.00. The van der Waals surface area contributed by atoms with Crippen molar-refractivity contribution in [3.8, 4) is 0 Å².